The number of piperazine rings is 1. The zero-order valence-corrected chi connectivity index (χ0v) is 14.0. The average molecular weight is 308 g/mol. The van der Waals surface area contributed by atoms with Crippen molar-refractivity contribution >= 4 is 5.78 Å². The fourth-order valence-corrected chi connectivity index (χ4v) is 3.06. The highest BCUT2D eigenvalue weighted by molar-refractivity contribution is 6.09. The minimum atomic E-state index is 0.114. The number of hydrogen-bond acceptors (Lipinski definition) is 3. The van der Waals surface area contributed by atoms with Gasteiger partial charge < -0.3 is 4.90 Å². The summed E-state index contributed by atoms with van der Waals surface area (Å²) in [6, 6.07) is 15.9. The van der Waals surface area contributed by atoms with Crippen molar-refractivity contribution in [2.75, 3.05) is 33.2 Å². The Bertz CT molecular complexity index is 688. The summed E-state index contributed by atoms with van der Waals surface area (Å²) in [7, 11) is 2.17. The second-order valence-corrected chi connectivity index (χ2v) is 6.42. The van der Waals surface area contributed by atoms with Crippen molar-refractivity contribution in [2.45, 2.75) is 13.5 Å². The first-order valence-corrected chi connectivity index (χ1v) is 8.23. The molecule has 120 valence electrons. The van der Waals surface area contributed by atoms with Gasteiger partial charge in [0.2, 0.25) is 0 Å². The van der Waals surface area contributed by atoms with Crippen LogP contribution in [0.5, 0.6) is 0 Å². The number of nitrogens with zero attached hydrogens (tertiary/aromatic N) is 2. The van der Waals surface area contributed by atoms with Crippen LogP contribution in [0.15, 0.2) is 48.5 Å². The van der Waals surface area contributed by atoms with E-state index in [2.05, 4.69) is 22.9 Å². The van der Waals surface area contributed by atoms with E-state index < -0.39 is 0 Å². The molecule has 2 aromatic rings. The molecular formula is C20H24N2O. The van der Waals surface area contributed by atoms with E-state index >= 15 is 0 Å². The molecule has 23 heavy (non-hydrogen) atoms. The van der Waals surface area contributed by atoms with Gasteiger partial charge in [0.1, 0.15) is 0 Å². The molecule has 1 fully saturated rings. The molecule has 1 saturated heterocycles. The highest BCUT2D eigenvalue weighted by Crippen LogP contribution is 2.16. The number of hydrogen-bond donors (Lipinski definition) is 0. The van der Waals surface area contributed by atoms with Crippen LogP contribution in [-0.2, 0) is 6.54 Å². The smallest absolute Gasteiger partial charge is 0.193 e. The molecule has 0 amide bonds. The Labute approximate surface area is 138 Å². The van der Waals surface area contributed by atoms with Gasteiger partial charge in [-0.3, -0.25) is 9.69 Å². The number of carbonyl (C=O) groups is 1. The Kier molecular flexibility index (Phi) is 4.89. The van der Waals surface area contributed by atoms with E-state index in [1.807, 2.05) is 49.4 Å². The summed E-state index contributed by atoms with van der Waals surface area (Å²) >= 11 is 0. The normalized spacial score (nSPS) is 16.4. The lowest BCUT2D eigenvalue weighted by Crippen LogP contribution is -2.43. The number of benzene rings is 2. The highest BCUT2D eigenvalue weighted by atomic mass is 16.1. The molecule has 0 radical (unpaired) electrons. The van der Waals surface area contributed by atoms with Gasteiger partial charge in [0.25, 0.3) is 0 Å². The van der Waals surface area contributed by atoms with E-state index in [0.717, 1.165) is 49.4 Å². The second-order valence-electron chi connectivity index (χ2n) is 6.42. The molecule has 1 heterocycles. The maximum atomic E-state index is 12.7. The van der Waals surface area contributed by atoms with Crippen LogP contribution in [0.1, 0.15) is 27.0 Å². The largest absolute Gasteiger partial charge is 0.304 e. The van der Waals surface area contributed by atoms with Gasteiger partial charge in [0.05, 0.1) is 0 Å². The van der Waals surface area contributed by atoms with Crippen LogP contribution in [0.2, 0.25) is 0 Å². The minimum Gasteiger partial charge on any atom is -0.304 e. The molecule has 0 aromatic heterocycles. The van der Waals surface area contributed by atoms with E-state index in [9.17, 15) is 4.79 Å². The number of carbonyl (C=O) groups excluding carboxylic acids is 1. The lowest BCUT2D eigenvalue weighted by molar-refractivity contribution is 0.103. The van der Waals surface area contributed by atoms with Crippen LogP contribution < -0.4 is 0 Å². The van der Waals surface area contributed by atoms with E-state index in [4.69, 9.17) is 0 Å². The first-order valence-electron chi connectivity index (χ1n) is 8.23. The molecule has 0 saturated carbocycles. The summed E-state index contributed by atoms with van der Waals surface area (Å²) in [6.45, 7) is 7.31. The van der Waals surface area contributed by atoms with Gasteiger partial charge in [-0.2, -0.15) is 0 Å². The Morgan fingerprint density at radius 3 is 2.48 bits per heavy atom. The van der Waals surface area contributed by atoms with E-state index in [-0.39, 0.29) is 5.78 Å². The molecule has 0 aliphatic carbocycles. The first kappa shape index (κ1) is 15.9. The maximum Gasteiger partial charge on any atom is 0.193 e. The predicted octanol–water partition coefficient (Wildman–Crippen LogP) is 2.97. The monoisotopic (exact) mass is 308 g/mol. The Balaban J connectivity index is 1.75. The highest BCUT2D eigenvalue weighted by Gasteiger charge is 2.15. The van der Waals surface area contributed by atoms with Crippen molar-refractivity contribution in [3.63, 3.8) is 0 Å². The first-order chi connectivity index (χ1) is 11.1. The van der Waals surface area contributed by atoms with E-state index in [0.29, 0.717) is 0 Å². The van der Waals surface area contributed by atoms with Crippen LogP contribution in [0.25, 0.3) is 0 Å². The van der Waals surface area contributed by atoms with Gasteiger partial charge in [-0.1, -0.05) is 42.5 Å². The summed E-state index contributed by atoms with van der Waals surface area (Å²) in [4.78, 5) is 17.5. The zero-order chi connectivity index (χ0) is 16.2. The topological polar surface area (TPSA) is 23.6 Å². The van der Waals surface area contributed by atoms with Crippen molar-refractivity contribution in [3.05, 3.63) is 70.8 Å². The zero-order valence-electron chi connectivity index (χ0n) is 14.0. The van der Waals surface area contributed by atoms with Crippen LogP contribution in [-0.4, -0.2) is 48.8 Å². The third-order valence-corrected chi connectivity index (χ3v) is 4.58. The number of likely N-dealkylation sites (N-methyl/N-ethyl adjacent to an activating group) is 1. The lowest BCUT2D eigenvalue weighted by Gasteiger charge is -2.32. The molecule has 0 atom stereocenters. The molecule has 1 aliphatic rings. The van der Waals surface area contributed by atoms with Crippen LogP contribution in [0, 0.1) is 6.92 Å². The van der Waals surface area contributed by atoms with E-state index in [1.54, 1.807) is 0 Å². The number of ketones is 1. The quantitative estimate of drug-likeness (QED) is 0.811. The second kappa shape index (κ2) is 7.07. The summed E-state index contributed by atoms with van der Waals surface area (Å²) < 4.78 is 0. The SMILES string of the molecule is Cc1ccccc1C(=O)c1cccc(CN2CCN(C)CC2)c1. The van der Waals surface area contributed by atoms with Crippen molar-refractivity contribution in [2.24, 2.45) is 0 Å². The summed E-state index contributed by atoms with van der Waals surface area (Å²) in [5, 5.41) is 0. The number of rotatable bonds is 4. The molecule has 0 N–H and O–H groups in total. The fraction of sp³-hybridized carbons (Fsp3) is 0.350. The Morgan fingerprint density at radius 1 is 1.00 bits per heavy atom. The molecule has 2 aromatic carbocycles. The molecule has 3 nitrogen and oxygen atoms in total. The molecule has 0 unspecified atom stereocenters. The molecule has 0 spiro atoms. The van der Waals surface area contributed by atoms with Crippen LogP contribution in [0.3, 0.4) is 0 Å². The molecular weight excluding hydrogens is 284 g/mol. The van der Waals surface area contributed by atoms with Crippen molar-refractivity contribution in [1.82, 2.24) is 9.80 Å². The van der Waals surface area contributed by atoms with Gasteiger partial charge in [-0.05, 0) is 31.2 Å². The summed E-state index contributed by atoms with van der Waals surface area (Å²) in [5.74, 6) is 0.114. The van der Waals surface area contributed by atoms with Crippen LogP contribution >= 0.6 is 0 Å². The molecule has 3 heteroatoms. The van der Waals surface area contributed by atoms with Gasteiger partial charge in [0, 0.05) is 43.9 Å². The van der Waals surface area contributed by atoms with Gasteiger partial charge >= 0.3 is 0 Å². The standard InChI is InChI=1S/C20H24N2O/c1-16-6-3-4-9-19(16)20(23)18-8-5-7-17(14-18)15-22-12-10-21(2)11-13-22/h3-9,14H,10-13,15H2,1-2H3. The molecule has 1 aliphatic heterocycles. The Morgan fingerprint density at radius 2 is 1.74 bits per heavy atom. The Hall–Kier alpha value is -1.97. The van der Waals surface area contributed by atoms with Crippen LogP contribution in [0.4, 0.5) is 0 Å². The minimum absolute atomic E-state index is 0.114. The third-order valence-electron chi connectivity index (χ3n) is 4.58. The maximum absolute atomic E-state index is 12.7. The van der Waals surface area contributed by atoms with Gasteiger partial charge in [-0.15, -0.1) is 0 Å². The molecule has 0 bridgehead atoms. The van der Waals surface area contributed by atoms with Gasteiger partial charge in [0.15, 0.2) is 5.78 Å². The van der Waals surface area contributed by atoms with Gasteiger partial charge in [-0.25, -0.2) is 0 Å². The summed E-state index contributed by atoms with van der Waals surface area (Å²) in [5.41, 5.74) is 3.83. The average Bonchev–Trinajstić information content (AvgIpc) is 2.57. The van der Waals surface area contributed by atoms with Crippen molar-refractivity contribution in [1.29, 1.82) is 0 Å². The summed E-state index contributed by atoms with van der Waals surface area (Å²) in [6.07, 6.45) is 0. The number of aryl methyl sites for hydroxylation is 1. The molecule has 3 rings (SSSR count). The predicted molar refractivity (Wildman–Crippen MR) is 93.8 cm³/mol. The van der Waals surface area contributed by atoms with E-state index in [1.165, 1.54) is 5.56 Å². The lowest BCUT2D eigenvalue weighted by atomic mass is 9.98. The van der Waals surface area contributed by atoms with Crippen molar-refractivity contribution < 1.29 is 4.79 Å². The van der Waals surface area contributed by atoms with Crippen molar-refractivity contribution in [3.8, 4) is 0 Å². The fourth-order valence-electron chi connectivity index (χ4n) is 3.06. The third kappa shape index (κ3) is 3.87.